The number of hydrogen-bond acceptors (Lipinski definition) is 3. The molecule has 1 rings (SSSR count). The summed E-state index contributed by atoms with van der Waals surface area (Å²) in [5.41, 5.74) is 1.07. The topological polar surface area (TPSA) is 46.4 Å². The van der Waals surface area contributed by atoms with Gasteiger partial charge in [-0.05, 0) is 30.0 Å². The number of nitrogens with zero attached hydrogens (tertiary/aromatic N) is 2. The molecule has 0 amide bonds. The fourth-order valence-electron chi connectivity index (χ4n) is 0.942. The van der Waals surface area contributed by atoms with Crippen LogP contribution >= 0.6 is 0 Å². The highest BCUT2D eigenvalue weighted by molar-refractivity contribution is 5.51. The first-order valence-electron chi connectivity index (χ1n) is 4.18. The lowest BCUT2D eigenvalue weighted by atomic mass is 10.2. The van der Waals surface area contributed by atoms with Crippen LogP contribution in [0.2, 0.25) is 0 Å². The maximum absolute atomic E-state index is 10.4. The third-order valence-electron chi connectivity index (χ3n) is 1.67. The summed E-state index contributed by atoms with van der Waals surface area (Å²) in [5.74, 6) is 0. The van der Waals surface area contributed by atoms with Crippen molar-refractivity contribution in [1.82, 2.24) is 4.90 Å². The second-order valence-electron chi connectivity index (χ2n) is 3.13. The fraction of sp³-hybridized carbons (Fsp3) is 0.200. The van der Waals surface area contributed by atoms with Crippen molar-refractivity contribution in [2.75, 3.05) is 14.1 Å². The van der Waals surface area contributed by atoms with Crippen LogP contribution in [0.3, 0.4) is 0 Å². The van der Waals surface area contributed by atoms with Gasteiger partial charge in [-0.2, -0.15) is 0 Å². The third-order valence-corrected chi connectivity index (χ3v) is 1.67. The first-order chi connectivity index (χ1) is 6.59. The van der Waals surface area contributed by atoms with Gasteiger partial charge in [-0.3, -0.25) is 10.1 Å². The molecular weight excluding hydrogens is 180 g/mol. The molecule has 0 spiro atoms. The zero-order chi connectivity index (χ0) is 10.6. The average molecular weight is 192 g/mol. The predicted octanol–water partition coefficient (Wildman–Crippen LogP) is 2.13. The van der Waals surface area contributed by atoms with Crippen molar-refractivity contribution >= 4 is 11.8 Å². The van der Waals surface area contributed by atoms with Crippen LogP contribution in [0.5, 0.6) is 0 Å². The maximum atomic E-state index is 10.4. The number of nitro benzene ring substituents is 1. The van der Waals surface area contributed by atoms with Crippen LogP contribution in [-0.4, -0.2) is 23.9 Å². The molecule has 4 heteroatoms. The molecule has 0 aliphatic heterocycles. The van der Waals surface area contributed by atoms with Crippen LogP contribution in [0.15, 0.2) is 30.5 Å². The molecule has 0 bridgehead atoms. The Morgan fingerprint density at radius 1 is 1.29 bits per heavy atom. The average Bonchev–Trinajstić information content (AvgIpc) is 2.15. The molecule has 0 unspecified atom stereocenters. The van der Waals surface area contributed by atoms with Crippen molar-refractivity contribution < 1.29 is 4.92 Å². The molecular formula is C10H12N2O2. The Kier molecular flexibility index (Phi) is 3.23. The molecule has 0 N–H and O–H groups in total. The van der Waals surface area contributed by atoms with Gasteiger partial charge in [-0.15, -0.1) is 0 Å². The van der Waals surface area contributed by atoms with Crippen molar-refractivity contribution in [3.8, 4) is 0 Å². The van der Waals surface area contributed by atoms with Crippen LogP contribution in [0.1, 0.15) is 5.56 Å². The van der Waals surface area contributed by atoms with Crippen LogP contribution in [0, 0.1) is 10.1 Å². The summed E-state index contributed by atoms with van der Waals surface area (Å²) in [6.07, 6.45) is 3.78. The van der Waals surface area contributed by atoms with Crippen molar-refractivity contribution in [2.24, 2.45) is 0 Å². The van der Waals surface area contributed by atoms with Gasteiger partial charge in [0.05, 0.1) is 4.92 Å². The molecule has 4 nitrogen and oxygen atoms in total. The fourth-order valence-corrected chi connectivity index (χ4v) is 0.942. The third kappa shape index (κ3) is 2.90. The molecule has 14 heavy (non-hydrogen) atoms. The summed E-state index contributed by atoms with van der Waals surface area (Å²) in [6, 6.07) is 6.43. The van der Waals surface area contributed by atoms with Crippen molar-refractivity contribution in [2.45, 2.75) is 0 Å². The van der Waals surface area contributed by atoms with Gasteiger partial charge >= 0.3 is 0 Å². The summed E-state index contributed by atoms with van der Waals surface area (Å²) >= 11 is 0. The Bertz CT molecular complexity index is 342. The molecule has 0 aromatic heterocycles. The van der Waals surface area contributed by atoms with E-state index in [1.54, 1.807) is 12.1 Å². The minimum absolute atomic E-state index is 0.118. The highest BCUT2D eigenvalue weighted by Crippen LogP contribution is 2.12. The molecule has 0 aliphatic carbocycles. The van der Waals surface area contributed by atoms with E-state index in [2.05, 4.69) is 0 Å². The monoisotopic (exact) mass is 192 g/mol. The van der Waals surface area contributed by atoms with E-state index in [1.807, 2.05) is 31.3 Å². The number of benzene rings is 1. The van der Waals surface area contributed by atoms with Gasteiger partial charge in [0.15, 0.2) is 0 Å². The zero-order valence-corrected chi connectivity index (χ0v) is 8.18. The van der Waals surface area contributed by atoms with E-state index in [0.29, 0.717) is 0 Å². The number of hydrogen-bond donors (Lipinski definition) is 0. The molecule has 0 atom stereocenters. The Morgan fingerprint density at radius 3 is 2.29 bits per heavy atom. The smallest absolute Gasteiger partial charge is 0.269 e. The lowest BCUT2D eigenvalue weighted by Crippen LogP contribution is -1.99. The minimum atomic E-state index is -0.403. The predicted molar refractivity (Wildman–Crippen MR) is 55.8 cm³/mol. The van der Waals surface area contributed by atoms with Gasteiger partial charge in [0, 0.05) is 26.2 Å². The van der Waals surface area contributed by atoms with Crippen molar-refractivity contribution in [1.29, 1.82) is 0 Å². The summed E-state index contributed by atoms with van der Waals surface area (Å²) in [6.45, 7) is 0. The van der Waals surface area contributed by atoms with Gasteiger partial charge in [-0.25, -0.2) is 0 Å². The highest BCUT2D eigenvalue weighted by Gasteiger charge is 2.01. The Hall–Kier alpha value is -1.84. The lowest BCUT2D eigenvalue weighted by Gasteiger charge is -2.02. The van der Waals surface area contributed by atoms with E-state index in [-0.39, 0.29) is 5.69 Å². The first-order valence-corrected chi connectivity index (χ1v) is 4.18. The number of non-ortho nitro benzene ring substituents is 1. The summed E-state index contributed by atoms with van der Waals surface area (Å²) in [7, 11) is 3.84. The molecule has 1 aromatic rings. The van der Waals surface area contributed by atoms with Crippen LogP contribution < -0.4 is 0 Å². The summed E-state index contributed by atoms with van der Waals surface area (Å²) in [5, 5.41) is 10.4. The molecule has 0 saturated carbocycles. The van der Waals surface area contributed by atoms with Crippen molar-refractivity contribution in [3.05, 3.63) is 46.1 Å². The molecule has 0 heterocycles. The SMILES string of the molecule is CN(C)/C=C\c1ccc([N+](=O)[O-])cc1. The summed E-state index contributed by atoms with van der Waals surface area (Å²) in [4.78, 5) is 11.9. The van der Waals surface area contributed by atoms with E-state index in [0.717, 1.165) is 5.56 Å². The summed E-state index contributed by atoms with van der Waals surface area (Å²) < 4.78 is 0. The highest BCUT2D eigenvalue weighted by atomic mass is 16.6. The van der Waals surface area contributed by atoms with Gasteiger partial charge in [0.1, 0.15) is 0 Å². The maximum Gasteiger partial charge on any atom is 0.269 e. The van der Waals surface area contributed by atoms with Crippen molar-refractivity contribution in [3.63, 3.8) is 0 Å². The van der Waals surface area contributed by atoms with E-state index < -0.39 is 4.92 Å². The lowest BCUT2D eigenvalue weighted by molar-refractivity contribution is -0.384. The van der Waals surface area contributed by atoms with E-state index >= 15 is 0 Å². The van der Waals surface area contributed by atoms with Crippen LogP contribution in [0.4, 0.5) is 5.69 Å². The Labute approximate surface area is 82.6 Å². The quantitative estimate of drug-likeness (QED) is 0.544. The molecule has 0 radical (unpaired) electrons. The molecule has 0 aliphatic rings. The molecule has 0 fully saturated rings. The standard InChI is InChI=1S/C10H12N2O2/c1-11(2)8-7-9-3-5-10(6-4-9)12(13)14/h3-8H,1-2H3/b8-7-. The second-order valence-corrected chi connectivity index (χ2v) is 3.13. The van der Waals surface area contributed by atoms with E-state index in [1.165, 1.54) is 12.1 Å². The molecule has 0 saturated heterocycles. The van der Waals surface area contributed by atoms with Crippen LogP contribution in [0.25, 0.3) is 6.08 Å². The number of rotatable bonds is 3. The van der Waals surface area contributed by atoms with E-state index in [9.17, 15) is 10.1 Å². The van der Waals surface area contributed by atoms with Gasteiger partial charge in [0.25, 0.3) is 5.69 Å². The van der Waals surface area contributed by atoms with Gasteiger partial charge in [-0.1, -0.05) is 0 Å². The minimum Gasteiger partial charge on any atom is -0.383 e. The first kappa shape index (κ1) is 10.2. The Morgan fingerprint density at radius 2 is 1.86 bits per heavy atom. The second kappa shape index (κ2) is 4.41. The number of nitro groups is 1. The molecule has 1 aromatic carbocycles. The largest absolute Gasteiger partial charge is 0.383 e. The normalized spacial score (nSPS) is 10.4. The Balaban J connectivity index is 2.78. The zero-order valence-electron chi connectivity index (χ0n) is 8.18. The van der Waals surface area contributed by atoms with E-state index in [4.69, 9.17) is 0 Å². The molecule has 74 valence electrons. The van der Waals surface area contributed by atoms with Crippen LogP contribution in [-0.2, 0) is 0 Å². The van der Waals surface area contributed by atoms with Gasteiger partial charge < -0.3 is 4.90 Å². The van der Waals surface area contributed by atoms with Gasteiger partial charge in [0.2, 0.25) is 0 Å².